The van der Waals surface area contributed by atoms with Gasteiger partial charge in [0, 0.05) is 22.2 Å². The molecule has 52 heavy (non-hydrogen) atoms. The zero-order chi connectivity index (χ0) is 35.0. The highest BCUT2D eigenvalue weighted by Gasteiger charge is 2.20. The third-order valence-electron chi connectivity index (χ3n) is 9.26. The Morgan fingerprint density at radius 1 is 0.385 bits per heavy atom. The van der Waals surface area contributed by atoms with Crippen molar-refractivity contribution >= 4 is 46.4 Å². The van der Waals surface area contributed by atoms with Crippen LogP contribution in [0.15, 0.2) is 133 Å². The maximum absolute atomic E-state index is 6.71. The van der Waals surface area contributed by atoms with Crippen LogP contribution in [0, 0.1) is 13.8 Å². The highest BCUT2D eigenvalue weighted by Crippen LogP contribution is 2.39. The molecule has 250 valence electrons. The number of hydrogen-bond acceptors (Lipinski definition) is 4. The van der Waals surface area contributed by atoms with Crippen LogP contribution in [0.4, 0.5) is 0 Å². The van der Waals surface area contributed by atoms with Crippen molar-refractivity contribution in [2.45, 2.75) is 13.8 Å². The van der Waals surface area contributed by atoms with E-state index in [-0.39, 0.29) is 0 Å². The van der Waals surface area contributed by atoms with Gasteiger partial charge in [-0.2, -0.15) is 0 Å². The monoisotopic (exact) mass is 674 g/mol. The molecule has 0 aliphatic carbocycles. The number of aryl methyl sites for hydroxylation is 2. The van der Waals surface area contributed by atoms with E-state index in [1.165, 1.54) is 0 Å². The normalized spacial score (nSPS) is 11.9. The first-order valence-electron chi connectivity index (χ1n) is 17.3. The summed E-state index contributed by atoms with van der Waals surface area (Å²) >= 11 is 0. The molecule has 0 unspecified atom stereocenters. The molecule has 0 saturated heterocycles. The van der Waals surface area contributed by atoms with E-state index < -0.39 is 0 Å². The van der Waals surface area contributed by atoms with Crippen LogP contribution >= 0.6 is 0 Å². The molecule has 2 N–H and O–H groups in total. The van der Waals surface area contributed by atoms with Crippen molar-refractivity contribution in [1.29, 1.82) is 0 Å². The number of aromatic amines is 2. The number of nitrogens with one attached hydrogen (secondary N) is 2. The van der Waals surface area contributed by atoms with Gasteiger partial charge in [-0.15, -0.1) is 0 Å². The van der Waals surface area contributed by atoms with Crippen LogP contribution in [0.25, 0.3) is 68.6 Å². The number of aromatic nitrogens is 4. The third-order valence-corrected chi connectivity index (χ3v) is 9.26. The number of fused-ring (bicyclic) bond motifs is 8. The van der Waals surface area contributed by atoms with Gasteiger partial charge in [-0.05, 0) is 97.8 Å². The van der Waals surface area contributed by atoms with Crippen molar-refractivity contribution in [1.82, 2.24) is 19.9 Å². The van der Waals surface area contributed by atoms with Crippen LogP contribution < -0.4 is 9.47 Å². The van der Waals surface area contributed by atoms with Gasteiger partial charge in [-0.3, -0.25) is 0 Å². The number of benzene rings is 4. The second-order valence-corrected chi connectivity index (χ2v) is 13.0. The molecule has 3 aromatic heterocycles. The molecule has 0 spiro atoms. The zero-order valence-electron chi connectivity index (χ0n) is 28.7. The van der Waals surface area contributed by atoms with E-state index in [1.54, 1.807) is 0 Å². The number of nitrogens with zero attached hydrogens (tertiary/aromatic N) is 2. The first-order chi connectivity index (χ1) is 25.6. The Kier molecular flexibility index (Phi) is 7.82. The van der Waals surface area contributed by atoms with Crippen molar-refractivity contribution in [3.8, 4) is 45.3 Å². The fourth-order valence-corrected chi connectivity index (χ4v) is 6.63. The molecule has 9 rings (SSSR count). The van der Waals surface area contributed by atoms with E-state index >= 15 is 0 Å². The van der Waals surface area contributed by atoms with Gasteiger partial charge in [0.05, 0.1) is 22.4 Å². The summed E-state index contributed by atoms with van der Waals surface area (Å²) in [7, 11) is 0. The number of rotatable bonds is 6. The van der Waals surface area contributed by atoms with Crippen LogP contribution in [0.1, 0.15) is 33.9 Å². The first kappa shape index (κ1) is 31.1. The lowest BCUT2D eigenvalue weighted by Crippen LogP contribution is -1.93. The zero-order valence-corrected chi connectivity index (χ0v) is 28.7. The molecule has 6 nitrogen and oxygen atoms in total. The number of H-pyrrole nitrogens is 2. The van der Waals surface area contributed by atoms with Crippen LogP contribution in [-0.4, -0.2) is 19.9 Å². The van der Waals surface area contributed by atoms with Crippen molar-refractivity contribution < 1.29 is 9.47 Å². The lowest BCUT2D eigenvalue weighted by atomic mass is 10.0. The summed E-state index contributed by atoms with van der Waals surface area (Å²) in [6, 6.07) is 45.1. The Hall–Kier alpha value is -6.92. The predicted molar refractivity (Wildman–Crippen MR) is 212 cm³/mol. The van der Waals surface area contributed by atoms with Gasteiger partial charge in [-0.25, -0.2) is 9.97 Å². The predicted octanol–water partition coefficient (Wildman–Crippen LogP) is 12.2. The van der Waals surface area contributed by atoms with Gasteiger partial charge in [0.1, 0.15) is 22.9 Å². The van der Waals surface area contributed by atoms with E-state index in [2.05, 4.69) is 84.5 Å². The fourth-order valence-electron chi connectivity index (χ4n) is 6.63. The molecule has 7 aromatic rings. The molecule has 4 aromatic carbocycles. The van der Waals surface area contributed by atoms with Gasteiger partial charge >= 0.3 is 0 Å². The number of hydrogen-bond donors (Lipinski definition) is 2. The smallest absolute Gasteiger partial charge is 0.178 e. The van der Waals surface area contributed by atoms with Gasteiger partial charge in [-0.1, -0.05) is 96.1 Å². The van der Waals surface area contributed by atoms with Crippen molar-refractivity contribution in [3.05, 3.63) is 167 Å². The second kappa shape index (κ2) is 13.1. The fraction of sp³-hybridized carbons (Fsp3) is 0.0435. The topological polar surface area (TPSA) is 75.8 Å². The summed E-state index contributed by atoms with van der Waals surface area (Å²) < 4.78 is 13.4. The van der Waals surface area contributed by atoms with E-state index in [1.807, 2.05) is 97.1 Å². The summed E-state index contributed by atoms with van der Waals surface area (Å²) in [6.07, 6.45) is 8.11. The molecular weight excluding hydrogens is 641 g/mol. The Bertz CT molecular complexity index is 2530. The first-order valence-corrected chi connectivity index (χ1v) is 17.3. The summed E-state index contributed by atoms with van der Waals surface area (Å²) in [5.74, 6) is 2.70. The average molecular weight is 675 g/mol. The standard InChI is InChI=1S/C46H34N4O2/c1-29-13-17-33(18-14-29)51-45-39-25-21-35(47-39)43(31-9-5-3-6-10-31)37-23-27-41(49-37)46(52-34-19-15-30(2)16-20-34)42-28-24-38(50-42)44(32-11-7-4-8-12-32)36-22-26-40(45)48-36/h3-28,47-48H,1-2H3. The largest absolute Gasteiger partial charge is 0.453 e. The SMILES string of the molecule is Cc1ccc(Oc2c3nc(c(-c4ccccc4)c4ccc([nH]4)c(Oc4ccc(C)cc4)c4ccc([nH]4)c(-c4ccccc4)c4nc2C=C4)C=C3)cc1. The van der Waals surface area contributed by atoms with E-state index in [9.17, 15) is 0 Å². The van der Waals surface area contributed by atoms with Gasteiger partial charge in [0.15, 0.2) is 11.5 Å². The van der Waals surface area contributed by atoms with Crippen molar-refractivity contribution in [2.75, 3.05) is 0 Å². The van der Waals surface area contributed by atoms with Crippen molar-refractivity contribution in [2.24, 2.45) is 0 Å². The Morgan fingerprint density at radius 2 is 0.769 bits per heavy atom. The summed E-state index contributed by atoms with van der Waals surface area (Å²) in [4.78, 5) is 17.9. The van der Waals surface area contributed by atoms with Crippen LogP contribution in [-0.2, 0) is 0 Å². The maximum Gasteiger partial charge on any atom is 0.178 e. The third kappa shape index (κ3) is 5.97. The van der Waals surface area contributed by atoms with Gasteiger partial charge in [0.2, 0.25) is 0 Å². The minimum absolute atomic E-state index is 0.578. The van der Waals surface area contributed by atoms with Crippen LogP contribution in [0.5, 0.6) is 23.0 Å². The van der Waals surface area contributed by atoms with E-state index in [0.717, 1.165) is 72.6 Å². The van der Waals surface area contributed by atoms with Gasteiger partial charge in [0.25, 0.3) is 0 Å². The van der Waals surface area contributed by atoms with Crippen LogP contribution in [0.3, 0.4) is 0 Å². The molecule has 6 heteroatoms. The highest BCUT2D eigenvalue weighted by molar-refractivity contribution is 5.95. The Labute approximate surface area is 301 Å². The molecule has 0 radical (unpaired) electrons. The minimum Gasteiger partial charge on any atom is -0.453 e. The molecule has 8 bridgehead atoms. The second-order valence-electron chi connectivity index (χ2n) is 13.0. The minimum atomic E-state index is 0.578. The lowest BCUT2D eigenvalue weighted by Gasteiger charge is -2.09. The molecule has 0 saturated carbocycles. The summed E-state index contributed by atoms with van der Waals surface area (Å²) in [6.45, 7) is 4.13. The number of ether oxygens (including phenoxy) is 2. The molecule has 2 aliphatic heterocycles. The van der Waals surface area contributed by atoms with Crippen LogP contribution in [0.2, 0.25) is 0 Å². The van der Waals surface area contributed by atoms with Gasteiger partial charge < -0.3 is 19.4 Å². The Balaban J connectivity index is 1.40. The quantitative estimate of drug-likeness (QED) is 0.184. The average Bonchev–Trinajstić information content (AvgIpc) is 4.02. The highest BCUT2D eigenvalue weighted by atomic mass is 16.5. The molecule has 2 aliphatic rings. The molecule has 5 heterocycles. The molecule has 0 fully saturated rings. The maximum atomic E-state index is 6.71. The molecular formula is C46H34N4O2. The lowest BCUT2D eigenvalue weighted by molar-refractivity contribution is 0.476. The van der Waals surface area contributed by atoms with E-state index in [4.69, 9.17) is 19.4 Å². The molecule has 0 atom stereocenters. The summed E-state index contributed by atoms with van der Waals surface area (Å²) in [5, 5.41) is 0. The van der Waals surface area contributed by atoms with Crippen molar-refractivity contribution in [3.63, 3.8) is 0 Å². The molecule has 0 amide bonds. The summed E-state index contributed by atoms with van der Waals surface area (Å²) in [5.41, 5.74) is 12.7. The Morgan fingerprint density at radius 3 is 1.21 bits per heavy atom. The van der Waals surface area contributed by atoms with E-state index in [0.29, 0.717) is 28.6 Å².